The minimum atomic E-state index is -0.327. The summed E-state index contributed by atoms with van der Waals surface area (Å²) in [6.07, 6.45) is 4.36. The quantitative estimate of drug-likeness (QED) is 0.835. The van der Waals surface area contributed by atoms with E-state index in [1.807, 2.05) is 30.3 Å². The summed E-state index contributed by atoms with van der Waals surface area (Å²) in [5, 5.41) is 3.57. The molecule has 1 N–H and O–H groups in total. The number of hydrogen-bond donors (Lipinski definition) is 1. The summed E-state index contributed by atoms with van der Waals surface area (Å²) >= 11 is 1.52. The highest BCUT2D eigenvalue weighted by atomic mass is 32.1. The normalized spacial score (nSPS) is 13.2. The predicted octanol–water partition coefficient (Wildman–Crippen LogP) is 3.98. The second-order valence-corrected chi connectivity index (χ2v) is 6.95. The number of anilines is 1. The smallest absolute Gasteiger partial charge is 0.341 e. The number of benzene rings is 1. The Bertz CT molecular complexity index is 737. The Morgan fingerprint density at radius 3 is 2.67 bits per heavy atom. The van der Waals surface area contributed by atoms with E-state index in [4.69, 9.17) is 4.74 Å². The summed E-state index contributed by atoms with van der Waals surface area (Å²) in [7, 11) is 0. The first-order valence-electron chi connectivity index (χ1n) is 8.34. The Kier molecular flexibility index (Phi) is 5.30. The van der Waals surface area contributed by atoms with Gasteiger partial charge in [0.1, 0.15) is 5.00 Å². The largest absolute Gasteiger partial charge is 0.462 e. The maximum Gasteiger partial charge on any atom is 0.341 e. The molecule has 0 unspecified atom stereocenters. The highest BCUT2D eigenvalue weighted by Gasteiger charge is 2.27. The number of aryl methyl sites for hydroxylation is 1. The Balaban J connectivity index is 1.82. The van der Waals surface area contributed by atoms with E-state index >= 15 is 0 Å². The summed E-state index contributed by atoms with van der Waals surface area (Å²) in [5.41, 5.74) is 2.59. The summed E-state index contributed by atoms with van der Waals surface area (Å²) < 4.78 is 5.21. The van der Waals surface area contributed by atoms with E-state index in [1.165, 1.54) is 16.2 Å². The van der Waals surface area contributed by atoms with Crippen molar-refractivity contribution in [2.45, 2.75) is 39.0 Å². The molecule has 1 heterocycles. The van der Waals surface area contributed by atoms with Crippen molar-refractivity contribution in [2.75, 3.05) is 11.9 Å². The molecule has 0 saturated carbocycles. The molecule has 0 atom stereocenters. The number of carbonyl (C=O) groups is 2. The average Bonchev–Trinajstić information content (AvgIpc) is 2.93. The van der Waals surface area contributed by atoms with E-state index in [0.29, 0.717) is 23.6 Å². The maximum absolute atomic E-state index is 12.4. The van der Waals surface area contributed by atoms with Gasteiger partial charge in [0.25, 0.3) is 0 Å². The number of ether oxygens (including phenoxy) is 1. The van der Waals surface area contributed by atoms with E-state index in [-0.39, 0.29) is 11.9 Å². The summed E-state index contributed by atoms with van der Waals surface area (Å²) in [5.74, 6) is -0.433. The molecule has 1 aromatic carbocycles. The van der Waals surface area contributed by atoms with Crippen molar-refractivity contribution >= 4 is 28.2 Å². The van der Waals surface area contributed by atoms with Crippen LogP contribution in [0, 0.1) is 0 Å². The van der Waals surface area contributed by atoms with Crippen LogP contribution < -0.4 is 5.32 Å². The molecule has 126 valence electrons. The van der Waals surface area contributed by atoms with Crippen molar-refractivity contribution < 1.29 is 14.3 Å². The molecule has 2 aromatic rings. The third-order valence-electron chi connectivity index (χ3n) is 4.11. The third-order valence-corrected chi connectivity index (χ3v) is 5.32. The summed E-state index contributed by atoms with van der Waals surface area (Å²) in [6, 6.07) is 9.59. The zero-order valence-electron chi connectivity index (χ0n) is 13.8. The lowest BCUT2D eigenvalue weighted by Crippen LogP contribution is -2.17. The monoisotopic (exact) mass is 343 g/mol. The van der Waals surface area contributed by atoms with Crippen LogP contribution in [-0.4, -0.2) is 18.5 Å². The van der Waals surface area contributed by atoms with Gasteiger partial charge < -0.3 is 10.1 Å². The molecule has 24 heavy (non-hydrogen) atoms. The van der Waals surface area contributed by atoms with Crippen LogP contribution in [0.1, 0.15) is 46.1 Å². The molecular weight excluding hydrogens is 322 g/mol. The average molecular weight is 343 g/mol. The predicted molar refractivity (Wildman–Crippen MR) is 95.7 cm³/mol. The van der Waals surface area contributed by atoms with Gasteiger partial charge in [-0.15, -0.1) is 11.3 Å². The van der Waals surface area contributed by atoms with Gasteiger partial charge in [0.2, 0.25) is 5.91 Å². The van der Waals surface area contributed by atoms with Gasteiger partial charge in [0.05, 0.1) is 18.6 Å². The van der Waals surface area contributed by atoms with Crippen LogP contribution in [0.3, 0.4) is 0 Å². The fraction of sp³-hybridized carbons (Fsp3) is 0.368. The van der Waals surface area contributed by atoms with E-state index < -0.39 is 0 Å². The molecule has 1 aromatic heterocycles. The molecule has 0 saturated heterocycles. The summed E-state index contributed by atoms with van der Waals surface area (Å²) in [6.45, 7) is 2.13. The third kappa shape index (κ3) is 3.67. The van der Waals surface area contributed by atoms with Crippen LogP contribution in [-0.2, 0) is 28.8 Å². The molecule has 4 nitrogen and oxygen atoms in total. The van der Waals surface area contributed by atoms with E-state index in [0.717, 1.165) is 36.8 Å². The topological polar surface area (TPSA) is 55.4 Å². The fourth-order valence-electron chi connectivity index (χ4n) is 3.03. The molecule has 5 heteroatoms. The molecule has 3 rings (SSSR count). The van der Waals surface area contributed by atoms with Gasteiger partial charge in [-0.2, -0.15) is 0 Å². The molecule has 0 aliphatic heterocycles. The summed E-state index contributed by atoms with van der Waals surface area (Å²) in [4.78, 5) is 26.0. The lowest BCUT2D eigenvalue weighted by Gasteiger charge is -2.12. The number of nitrogens with one attached hydrogen (secondary N) is 1. The molecule has 0 spiro atoms. The van der Waals surface area contributed by atoms with Crippen LogP contribution >= 0.6 is 11.3 Å². The van der Waals surface area contributed by atoms with Gasteiger partial charge in [-0.3, -0.25) is 4.79 Å². The fourth-order valence-corrected chi connectivity index (χ4v) is 4.32. The molecule has 0 bridgehead atoms. The van der Waals surface area contributed by atoms with Gasteiger partial charge >= 0.3 is 5.97 Å². The minimum Gasteiger partial charge on any atom is -0.462 e. The van der Waals surface area contributed by atoms with Crippen LogP contribution in [0.5, 0.6) is 0 Å². The Morgan fingerprint density at radius 1 is 1.17 bits per heavy atom. The number of hydrogen-bond acceptors (Lipinski definition) is 4. The SMILES string of the molecule is CCOC(=O)c1c(NC(=O)Cc2ccccc2)sc2c1CCCC2. The van der Waals surface area contributed by atoms with Gasteiger partial charge in [0, 0.05) is 4.88 Å². The second kappa shape index (κ2) is 7.62. The molecular formula is C19H21NO3S. The van der Waals surface area contributed by atoms with Gasteiger partial charge in [-0.25, -0.2) is 4.79 Å². The number of thiophene rings is 1. The molecule has 0 radical (unpaired) electrons. The first-order valence-corrected chi connectivity index (χ1v) is 9.16. The van der Waals surface area contributed by atoms with Crippen molar-refractivity contribution in [3.8, 4) is 0 Å². The molecule has 1 aliphatic rings. The van der Waals surface area contributed by atoms with Crippen molar-refractivity contribution in [2.24, 2.45) is 0 Å². The second-order valence-electron chi connectivity index (χ2n) is 5.85. The van der Waals surface area contributed by atoms with Crippen LogP contribution in [0.2, 0.25) is 0 Å². The number of fused-ring (bicyclic) bond motifs is 1. The Hall–Kier alpha value is -2.14. The molecule has 1 amide bonds. The van der Waals surface area contributed by atoms with E-state index in [9.17, 15) is 9.59 Å². The highest BCUT2D eigenvalue weighted by molar-refractivity contribution is 7.17. The van der Waals surface area contributed by atoms with Crippen molar-refractivity contribution in [3.05, 3.63) is 51.9 Å². The van der Waals surface area contributed by atoms with Crippen molar-refractivity contribution in [1.82, 2.24) is 0 Å². The van der Waals surface area contributed by atoms with Gasteiger partial charge in [-0.1, -0.05) is 30.3 Å². The maximum atomic E-state index is 12.4. The minimum absolute atomic E-state index is 0.106. The van der Waals surface area contributed by atoms with Gasteiger partial charge in [-0.05, 0) is 43.7 Å². The number of esters is 1. The van der Waals surface area contributed by atoms with Crippen LogP contribution in [0.15, 0.2) is 30.3 Å². The van der Waals surface area contributed by atoms with Gasteiger partial charge in [0.15, 0.2) is 0 Å². The highest BCUT2D eigenvalue weighted by Crippen LogP contribution is 2.38. The Labute approximate surface area is 145 Å². The van der Waals surface area contributed by atoms with Crippen molar-refractivity contribution in [1.29, 1.82) is 0 Å². The van der Waals surface area contributed by atoms with E-state index in [2.05, 4.69) is 5.32 Å². The van der Waals surface area contributed by atoms with Crippen LogP contribution in [0.4, 0.5) is 5.00 Å². The molecule has 1 aliphatic carbocycles. The van der Waals surface area contributed by atoms with Crippen LogP contribution in [0.25, 0.3) is 0 Å². The number of carbonyl (C=O) groups excluding carboxylic acids is 2. The first kappa shape index (κ1) is 16.7. The van der Waals surface area contributed by atoms with E-state index in [1.54, 1.807) is 6.92 Å². The number of rotatable bonds is 5. The standard InChI is InChI=1S/C19H21NO3S/c1-2-23-19(22)17-14-10-6-7-11-15(14)24-18(17)20-16(21)12-13-8-4-3-5-9-13/h3-5,8-9H,2,6-7,10-12H2,1H3,(H,20,21). The lowest BCUT2D eigenvalue weighted by atomic mass is 9.95. The van der Waals surface area contributed by atoms with Crippen molar-refractivity contribution in [3.63, 3.8) is 0 Å². The zero-order valence-corrected chi connectivity index (χ0v) is 14.6. The number of amides is 1. The first-order chi connectivity index (χ1) is 11.7. The Morgan fingerprint density at radius 2 is 1.92 bits per heavy atom. The lowest BCUT2D eigenvalue weighted by molar-refractivity contribution is -0.115. The zero-order chi connectivity index (χ0) is 16.9. The molecule has 0 fully saturated rings.